The van der Waals surface area contributed by atoms with E-state index in [0.29, 0.717) is 13.2 Å². The number of halogens is 1. The molecule has 2 aromatic carbocycles. The van der Waals surface area contributed by atoms with Crippen molar-refractivity contribution in [3.8, 4) is 0 Å². The number of carbonyl (C=O) groups is 2. The Morgan fingerprint density at radius 2 is 1.91 bits per heavy atom. The van der Waals surface area contributed by atoms with Gasteiger partial charge in [-0.2, -0.15) is 4.31 Å². The molecule has 3 aromatic rings. The molecule has 11 heteroatoms. The van der Waals surface area contributed by atoms with E-state index in [2.05, 4.69) is 10.3 Å². The third kappa shape index (κ3) is 5.36. The number of esters is 1. The van der Waals surface area contributed by atoms with Gasteiger partial charge in [-0.25, -0.2) is 8.42 Å². The topological polar surface area (TPSA) is 118 Å². The summed E-state index contributed by atoms with van der Waals surface area (Å²) in [5.41, 5.74) is 1.78. The minimum atomic E-state index is -3.75. The summed E-state index contributed by atoms with van der Waals surface area (Å²) in [6.07, 6.45) is 1.73. The molecule has 2 heterocycles. The van der Waals surface area contributed by atoms with Crippen LogP contribution in [0.25, 0.3) is 10.9 Å². The van der Waals surface area contributed by atoms with E-state index >= 15 is 0 Å². The highest BCUT2D eigenvalue weighted by Crippen LogP contribution is 2.27. The average molecular weight is 492 g/mol. The Bertz CT molecular complexity index is 1280. The van der Waals surface area contributed by atoms with Gasteiger partial charge in [0.15, 0.2) is 6.61 Å². The molecule has 9 nitrogen and oxygen atoms in total. The SMILES string of the molecule is O=C(COC(=O)Cc1c[nH]c2ccccc12)Nc1cc(S(=O)(=O)N2CCOCC2)ccc1Cl. The lowest BCUT2D eigenvalue weighted by molar-refractivity contribution is -0.146. The van der Waals surface area contributed by atoms with Crippen LogP contribution in [0.3, 0.4) is 0 Å². The minimum absolute atomic E-state index is 0.000399. The molecule has 0 bridgehead atoms. The number of aromatic nitrogens is 1. The molecule has 0 unspecified atom stereocenters. The van der Waals surface area contributed by atoms with Crippen LogP contribution < -0.4 is 5.32 Å². The number of hydrogen-bond acceptors (Lipinski definition) is 6. The fourth-order valence-corrected chi connectivity index (χ4v) is 5.11. The maximum absolute atomic E-state index is 12.8. The van der Waals surface area contributed by atoms with E-state index in [1.807, 2.05) is 24.3 Å². The van der Waals surface area contributed by atoms with Gasteiger partial charge in [0.2, 0.25) is 10.0 Å². The van der Waals surface area contributed by atoms with Gasteiger partial charge >= 0.3 is 5.97 Å². The van der Waals surface area contributed by atoms with Crippen LogP contribution in [0, 0.1) is 0 Å². The van der Waals surface area contributed by atoms with E-state index < -0.39 is 28.5 Å². The third-order valence-electron chi connectivity index (χ3n) is 5.19. The molecule has 174 valence electrons. The predicted octanol–water partition coefficient (Wildman–Crippen LogP) is 2.57. The third-order valence-corrected chi connectivity index (χ3v) is 7.42. The number of nitrogens with one attached hydrogen (secondary N) is 2. The van der Waals surface area contributed by atoms with E-state index in [9.17, 15) is 18.0 Å². The summed E-state index contributed by atoms with van der Waals surface area (Å²) >= 11 is 6.13. The summed E-state index contributed by atoms with van der Waals surface area (Å²) < 4.78 is 37.3. The zero-order valence-corrected chi connectivity index (χ0v) is 19.1. The predicted molar refractivity (Wildman–Crippen MR) is 123 cm³/mol. The molecule has 0 radical (unpaired) electrons. The fourth-order valence-electron chi connectivity index (χ4n) is 3.51. The second kappa shape index (κ2) is 9.92. The second-order valence-corrected chi connectivity index (χ2v) is 9.75. The van der Waals surface area contributed by atoms with Crippen LogP contribution >= 0.6 is 11.6 Å². The van der Waals surface area contributed by atoms with Gasteiger partial charge in [-0.15, -0.1) is 0 Å². The minimum Gasteiger partial charge on any atom is -0.455 e. The van der Waals surface area contributed by atoms with Gasteiger partial charge in [0, 0.05) is 30.2 Å². The maximum atomic E-state index is 12.8. The first-order chi connectivity index (χ1) is 15.8. The lowest BCUT2D eigenvalue weighted by Crippen LogP contribution is -2.40. The number of anilines is 1. The van der Waals surface area contributed by atoms with Gasteiger partial charge < -0.3 is 19.8 Å². The molecule has 0 saturated carbocycles. The molecule has 1 fully saturated rings. The van der Waals surface area contributed by atoms with Crippen LogP contribution in [0.1, 0.15) is 5.56 Å². The van der Waals surface area contributed by atoms with Crippen molar-refractivity contribution in [1.29, 1.82) is 0 Å². The number of ether oxygens (including phenoxy) is 2. The van der Waals surface area contributed by atoms with Gasteiger partial charge in [0.1, 0.15) is 0 Å². The molecular formula is C22H22ClN3O6S. The number of aromatic amines is 1. The van der Waals surface area contributed by atoms with E-state index in [1.165, 1.54) is 22.5 Å². The maximum Gasteiger partial charge on any atom is 0.310 e. The lowest BCUT2D eigenvalue weighted by atomic mass is 10.1. The number of morpholine rings is 1. The highest BCUT2D eigenvalue weighted by molar-refractivity contribution is 7.89. The largest absolute Gasteiger partial charge is 0.455 e. The number of nitrogens with zero attached hydrogens (tertiary/aromatic N) is 1. The molecule has 0 atom stereocenters. The number of carbonyl (C=O) groups excluding carboxylic acids is 2. The molecule has 1 amide bonds. The molecule has 1 aliphatic rings. The first kappa shape index (κ1) is 23.2. The van der Waals surface area contributed by atoms with Gasteiger partial charge in [0.25, 0.3) is 5.91 Å². The zero-order valence-electron chi connectivity index (χ0n) is 17.5. The molecule has 1 saturated heterocycles. The summed E-state index contributed by atoms with van der Waals surface area (Å²) in [6, 6.07) is 11.6. The molecular weight excluding hydrogens is 470 g/mol. The van der Waals surface area contributed by atoms with Crippen molar-refractivity contribution < 1.29 is 27.5 Å². The van der Waals surface area contributed by atoms with Crippen molar-refractivity contribution in [1.82, 2.24) is 9.29 Å². The van der Waals surface area contributed by atoms with Gasteiger partial charge in [-0.3, -0.25) is 9.59 Å². The number of benzene rings is 2. The quantitative estimate of drug-likeness (QED) is 0.490. The van der Waals surface area contributed by atoms with E-state index in [0.717, 1.165) is 16.5 Å². The fraction of sp³-hybridized carbons (Fsp3) is 0.273. The summed E-state index contributed by atoms with van der Waals surface area (Å²) in [6.45, 7) is 0.608. The summed E-state index contributed by atoms with van der Waals surface area (Å²) in [7, 11) is -3.75. The standard InChI is InChI=1S/C22H22ClN3O6S/c23-18-6-5-16(33(29,30)26-7-9-31-10-8-26)12-20(18)25-21(27)14-32-22(28)11-15-13-24-19-4-2-1-3-17(15)19/h1-6,12-13,24H,7-11,14H2,(H,25,27). The Kier molecular flexibility index (Phi) is 6.99. The number of sulfonamides is 1. The number of hydrogen-bond donors (Lipinski definition) is 2. The van der Waals surface area contributed by atoms with Crippen molar-refractivity contribution in [3.05, 3.63) is 59.2 Å². The number of rotatable bonds is 7. The van der Waals surface area contributed by atoms with E-state index in [-0.39, 0.29) is 35.1 Å². The summed E-state index contributed by atoms with van der Waals surface area (Å²) in [4.78, 5) is 27.6. The van der Waals surface area contributed by atoms with Crippen molar-refractivity contribution >= 4 is 50.1 Å². The lowest BCUT2D eigenvalue weighted by Gasteiger charge is -2.26. The van der Waals surface area contributed by atoms with Crippen molar-refractivity contribution in [2.45, 2.75) is 11.3 Å². The molecule has 1 aromatic heterocycles. The normalized spacial score (nSPS) is 14.8. The van der Waals surface area contributed by atoms with Crippen molar-refractivity contribution in [2.24, 2.45) is 0 Å². The first-order valence-corrected chi connectivity index (χ1v) is 12.0. The molecule has 1 aliphatic heterocycles. The Morgan fingerprint density at radius 1 is 1.15 bits per heavy atom. The first-order valence-electron chi connectivity index (χ1n) is 10.2. The van der Waals surface area contributed by atoms with E-state index in [1.54, 1.807) is 6.20 Å². The van der Waals surface area contributed by atoms with Crippen LogP contribution in [0.5, 0.6) is 0 Å². The number of H-pyrrole nitrogens is 1. The van der Waals surface area contributed by atoms with Crippen molar-refractivity contribution in [2.75, 3.05) is 38.2 Å². The summed E-state index contributed by atoms with van der Waals surface area (Å²) in [5, 5.41) is 3.58. The van der Waals surface area contributed by atoms with Crippen LogP contribution in [0.4, 0.5) is 5.69 Å². The van der Waals surface area contributed by atoms with Crippen LogP contribution in [0.2, 0.25) is 5.02 Å². The van der Waals surface area contributed by atoms with Gasteiger partial charge in [0.05, 0.1) is 35.2 Å². The van der Waals surface area contributed by atoms with E-state index in [4.69, 9.17) is 21.1 Å². The highest BCUT2D eigenvalue weighted by Gasteiger charge is 2.27. The van der Waals surface area contributed by atoms with Gasteiger partial charge in [-0.1, -0.05) is 29.8 Å². The average Bonchev–Trinajstić information content (AvgIpc) is 3.22. The number of amides is 1. The molecule has 0 aliphatic carbocycles. The summed E-state index contributed by atoms with van der Waals surface area (Å²) in [5.74, 6) is -1.20. The Morgan fingerprint density at radius 3 is 2.70 bits per heavy atom. The molecule has 2 N–H and O–H groups in total. The Labute approximate surface area is 195 Å². The monoisotopic (exact) mass is 491 g/mol. The Hall–Kier alpha value is -2.92. The van der Waals surface area contributed by atoms with Crippen LogP contribution in [-0.2, 0) is 35.5 Å². The number of para-hydroxylation sites is 1. The smallest absolute Gasteiger partial charge is 0.310 e. The number of fused-ring (bicyclic) bond motifs is 1. The van der Waals surface area contributed by atoms with Crippen molar-refractivity contribution in [3.63, 3.8) is 0 Å². The molecule has 0 spiro atoms. The Balaban J connectivity index is 1.37. The zero-order chi connectivity index (χ0) is 23.4. The van der Waals surface area contributed by atoms with Gasteiger partial charge in [-0.05, 0) is 29.8 Å². The molecule has 33 heavy (non-hydrogen) atoms. The van der Waals surface area contributed by atoms with Crippen LogP contribution in [-0.4, -0.2) is 62.5 Å². The molecule has 4 rings (SSSR count). The second-order valence-electron chi connectivity index (χ2n) is 7.40. The van der Waals surface area contributed by atoms with Crippen LogP contribution in [0.15, 0.2) is 53.6 Å². The highest BCUT2D eigenvalue weighted by atomic mass is 35.5.